The number of carboxylic acids is 1. The van der Waals surface area contributed by atoms with Crippen LogP contribution in [-0.4, -0.2) is 28.6 Å². The van der Waals surface area contributed by atoms with Crippen LogP contribution in [0.4, 0.5) is 0 Å². The highest BCUT2D eigenvalue weighted by atomic mass is 16.5. The van der Waals surface area contributed by atoms with Gasteiger partial charge < -0.3 is 9.84 Å². The number of fused-ring (bicyclic) bond motifs is 1. The highest BCUT2D eigenvalue weighted by Crippen LogP contribution is 2.28. The van der Waals surface area contributed by atoms with Gasteiger partial charge in [0.1, 0.15) is 11.9 Å². The van der Waals surface area contributed by atoms with Crippen molar-refractivity contribution in [3.05, 3.63) is 64.2 Å². The largest absolute Gasteiger partial charge is 0.489 e. The second-order valence-electron chi connectivity index (χ2n) is 7.58. The number of benzene rings is 2. The van der Waals surface area contributed by atoms with E-state index in [-0.39, 0.29) is 12.5 Å². The van der Waals surface area contributed by atoms with Crippen LogP contribution in [0, 0.1) is 13.8 Å². The first-order valence-corrected chi connectivity index (χ1v) is 9.73. The van der Waals surface area contributed by atoms with Crippen LogP contribution in [0.25, 0.3) is 0 Å². The molecule has 2 aromatic carbocycles. The third-order valence-corrected chi connectivity index (χ3v) is 5.26. The Morgan fingerprint density at radius 2 is 2.04 bits per heavy atom. The van der Waals surface area contributed by atoms with E-state index >= 15 is 0 Å². The maximum atomic E-state index is 10.9. The zero-order chi connectivity index (χ0) is 19.4. The minimum atomic E-state index is -0.750. The Hall–Kier alpha value is -2.33. The van der Waals surface area contributed by atoms with Gasteiger partial charge in [-0.15, -0.1) is 0 Å². The summed E-state index contributed by atoms with van der Waals surface area (Å²) < 4.78 is 6.27. The number of carbonyl (C=O) groups is 1. The summed E-state index contributed by atoms with van der Waals surface area (Å²) in [4.78, 5) is 13.3. The molecule has 27 heavy (non-hydrogen) atoms. The number of aliphatic carboxylic acids is 1. The highest BCUT2D eigenvalue weighted by molar-refractivity contribution is 5.67. The Morgan fingerprint density at radius 3 is 2.78 bits per heavy atom. The van der Waals surface area contributed by atoms with E-state index in [1.165, 1.54) is 22.3 Å². The first-order chi connectivity index (χ1) is 12.9. The molecule has 1 atom stereocenters. The van der Waals surface area contributed by atoms with Crippen LogP contribution < -0.4 is 4.74 Å². The molecule has 0 spiro atoms. The molecule has 0 radical (unpaired) electrons. The number of rotatable bonds is 6. The van der Waals surface area contributed by atoms with Gasteiger partial charge in [0, 0.05) is 31.6 Å². The maximum Gasteiger partial charge on any atom is 0.303 e. The predicted octanol–water partition coefficient (Wildman–Crippen LogP) is 4.49. The normalized spacial score (nSPS) is 17.1. The van der Waals surface area contributed by atoms with Crippen LogP contribution >= 0.6 is 0 Å². The van der Waals surface area contributed by atoms with Crippen molar-refractivity contribution < 1.29 is 14.6 Å². The molecule has 0 unspecified atom stereocenters. The minimum Gasteiger partial charge on any atom is -0.489 e. The van der Waals surface area contributed by atoms with Crippen LogP contribution in [0.1, 0.15) is 47.6 Å². The quantitative estimate of drug-likeness (QED) is 0.817. The molecule has 0 amide bonds. The molecule has 0 aromatic heterocycles. The van der Waals surface area contributed by atoms with Crippen molar-refractivity contribution in [2.75, 3.05) is 6.54 Å². The Kier molecular flexibility index (Phi) is 6.17. The third kappa shape index (κ3) is 5.10. The van der Waals surface area contributed by atoms with E-state index in [9.17, 15) is 4.79 Å². The van der Waals surface area contributed by atoms with E-state index in [4.69, 9.17) is 9.84 Å². The molecule has 1 heterocycles. The molecule has 4 nitrogen and oxygen atoms in total. The average Bonchev–Trinajstić information content (AvgIpc) is 2.80. The van der Waals surface area contributed by atoms with Crippen molar-refractivity contribution >= 4 is 5.97 Å². The van der Waals surface area contributed by atoms with Gasteiger partial charge >= 0.3 is 5.97 Å². The van der Waals surface area contributed by atoms with Crippen molar-refractivity contribution in [2.24, 2.45) is 0 Å². The summed E-state index contributed by atoms with van der Waals surface area (Å²) in [6.07, 6.45) is 1.90. The van der Waals surface area contributed by atoms with Crippen molar-refractivity contribution in [1.82, 2.24) is 4.90 Å². The van der Waals surface area contributed by atoms with Gasteiger partial charge in [0.2, 0.25) is 0 Å². The summed E-state index contributed by atoms with van der Waals surface area (Å²) in [5, 5.41) is 8.94. The van der Waals surface area contributed by atoms with E-state index in [0.29, 0.717) is 6.42 Å². The molecule has 144 valence electrons. The maximum absolute atomic E-state index is 10.9. The predicted molar refractivity (Wildman–Crippen MR) is 107 cm³/mol. The molecule has 1 aliphatic rings. The first kappa shape index (κ1) is 19.4. The first-order valence-electron chi connectivity index (χ1n) is 9.73. The minimum absolute atomic E-state index is 0.171. The van der Waals surface area contributed by atoms with Crippen LogP contribution in [0.5, 0.6) is 5.75 Å². The number of hydrogen-bond acceptors (Lipinski definition) is 3. The van der Waals surface area contributed by atoms with Gasteiger partial charge in [-0.1, -0.05) is 37.3 Å². The van der Waals surface area contributed by atoms with Crippen LogP contribution in [0.2, 0.25) is 0 Å². The number of aryl methyl sites for hydroxylation is 3. The highest BCUT2D eigenvalue weighted by Gasteiger charge is 2.22. The monoisotopic (exact) mass is 367 g/mol. The van der Waals surface area contributed by atoms with E-state index in [0.717, 1.165) is 37.4 Å². The van der Waals surface area contributed by atoms with Gasteiger partial charge in [-0.3, -0.25) is 9.69 Å². The van der Waals surface area contributed by atoms with Crippen LogP contribution in [-0.2, 0) is 24.3 Å². The van der Waals surface area contributed by atoms with Gasteiger partial charge in [-0.25, -0.2) is 0 Å². The fraction of sp³-hybridized carbons (Fsp3) is 0.435. The third-order valence-electron chi connectivity index (χ3n) is 5.26. The number of nitrogens with zero attached hydrogens (tertiary/aromatic N) is 1. The second-order valence-corrected chi connectivity index (χ2v) is 7.58. The van der Waals surface area contributed by atoms with Gasteiger partial charge in [0.25, 0.3) is 0 Å². The fourth-order valence-electron chi connectivity index (χ4n) is 3.59. The summed E-state index contributed by atoms with van der Waals surface area (Å²) in [5.74, 6) is 0.260. The zero-order valence-corrected chi connectivity index (χ0v) is 16.5. The second kappa shape index (κ2) is 8.57. The van der Waals surface area contributed by atoms with Crippen molar-refractivity contribution in [3.8, 4) is 5.75 Å². The van der Waals surface area contributed by atoms with Crippen LogP contribution in [0.15, 0.2) is 36.4 Å². The van der Waals surface area contributed by atoms with Crippen LogP contribution in [0.3, 0.4) is 0 Å². The molecule has 0 saturated heterocycles. The van der Waals surface area contributed by atoms with E-state index in [1.807, 2.05) is 6.07 Å². The van der Waals surface area contributed by atoms with Crippen molar-refractivity contribution in [1.29, 1.82) is 0 Å². The summed E-state index contributed by atoms with van der Waals surface area (Å²) >= 11 is 0. The van der Waals surface area contributed by atoms with Gasteiger partial charge in [-0.2, -0.15) is 0 Å². The summed E-state index contributed by atoms with van der Waals surface area (Å²) in [7, 11) is 0. The van der Waals surface area contributed by atoms with Crippen molar-refractivity contribution in [3.63, 3.8) is 0 Å². The number of carboxylic acid groups (broad SMARTS) is 1. The average molecular weight is 367 g/mol. The van der Waals surface area contributed by atoms with Gasteiger partial charge in [0.05, 0.1) is 0 Å². The smallest absolute Gasteiger partial charge is 0.303 e. The van der Waals surface area contributed by atoms with E-state index < -0.39 is 5.97 Å². The number of hydrogen-bond donors (Lipinski definition) is 1. The molecular formula is C23H29NO3. The standard InChI is InChI=1S/C23H29NO3/c1-4-21-15-24(13-19-9-5-16(2)11-22(19)27-21)14-20-12-18(7-6-17(20)3)8-10-23(25)26/h5-7,9,11-12,21H,4,8,10,13-15H2,1-3H3,(H,25,26)/t21-/m1/s1. The summed E-state index contributed by atoms with van der Waals surface area (Å²) in [6, 6.07) is 12.8. The molecule has 2 aromatic rings. The Bertz CT molecular complexity index is 815. The summed E-state index contributed by atoms with van der Waals surface area (Å²) in [5.41, 5.74) is 6.06. The molecule has 0 saturated carbocycles. The fourth-order valence-corrected chi connectivity index (χ4v) is 3.59. The lowest BCUT2D eigenvalue weighted by Gasteiger charge is -2.24. The molecule has 1 N–H and O–H groups in total. The Labute approximate surface area is 161 Å². The lowest BCUT2D eigenvalue weighted by atomic mass is 10.0. The number of ether oxygens (including phenoxy) is 1. The van der Waals surface area contributed by atoms with Gasteiger partial charge in [0.15, 0.2) is 0 Å². The topological polar surface area (TPSA) is 49.8 Å². The van der Waals surface area contributed by atoms with Gasteiger partial charge in [-0.05, 0) is 55.0 Å². The molecule has 0 aliphatic carbocycles. The SMILES string of the molecule is CC[C@@H]1CN(Cc2cc(CCC(=O)O)ccc2C)Cc2ccc(C)cc2O1. The Balaban J connectivity index is 1.80. The lowest BCUT2D eigenvalue weighted by Crippen LogP contribution is -2.32. The molecule has 0 bridgehead atoms. The Morgan fingerprint density at radius 1 is 1.22 bits per heavy atom. The molecule has 1 aliphatic heterocycles. The van der Waals surface area contributed by atoms with Crippen molar-refractivity contribution in [2.45, 2.75) is 59.2 Å². The van der Waals surface area contributed by atoms with E-state index in [2.05, 4.69) is 56.0 Å². The molecule has 4 heteroatoms. The molecular weight excluding hydrogens is 338 g/mol. The molecule has 3 rings (SSSR count). The zero-order valence-electron chi connectivity index (χ0n) is 16.5. The molecule has 0 fully saturated rings. The lowest BCUT2D eigenvalue weighted by molar-refractivity contribution is -0.136. The van der Waals surface area contributed by atoms with E-state index in [1.54, 1.807) is 0 Å². The summed E-state index contributed by atoms with van der Waals surface area (Å²) in [6.45, 7) is 8.99.